The smallest absolute Gasteiger partial charge is 0.0550 e. The van der Waals surface area contributed by atoms with Crippen LogP contribution in [0.4, 0.5) is 0 Å². The van der Waals surface area contributed by atoms with Gasteiger partial charge in [0.05, 0.1) is 13.2 Å². The third-order valence-electron chi connectivity index (χ3n) is 3.00. The fourth-order valence-electron chi connectivity index (χ4n) is 1.92. The molecule has 0 aliphatic carbocycles. The van der Waals surface area contributed by atoms with Crippen molar-refractivity contribution in [3.8, 4) is 0 Å². The molecule has 0 unspecified atom stereocenters. The number of hydrogen-bond donors (Lipinski definition) is 2. The largest absolute Gasteiger partial charge is 0.395 e. The van der Waals surface area contributed by atoms with Crippen LogP contribution in [0.25, 0.3) is 0 Å². The molecule has 15 heavy (non-hydrogen) atoms. The standard InChI is InChI=1S/C13H20O2/c1-3-8-13(9-14,10-15)12-6-4-11(2)5-7-12/h4-7,14-15H,3,8-10H2,1-2H3. The van der Waals surface area contributed by atoms with Gasteiger partial charge in [0.15, 0.2) is 0 Å². The normalized spacial score (nSPS) is 11.7. The summed E-state index contributed by atoms with van der Waals surface area (Å²) in [7, 11) is 0. The van der Waals surface area contributed by atoms with E-state index in [2.05, 4.69) is 6.92 Å². The van der Waals surface area contributed by atoms with E-state index in [1.54, 1.807) is 0 Å². The van der Waals surface area contributed by atoms with Crippen LogP contribution >= 0.6 is 0 Å². The summed E-state index contributed by atoms with van der Waals surface area (Å²) < 4.78 is 0. The van der Waals surface area contributed by atoms with E-state index >= 15 is 0 Å². The lowest BCUT2D eigenvalue weighted by molar-refractivity contribution is 0.109. The highest BCUT2D eigenvalue weighted by Crippen LogP contribution is 2.28. The molecule has 1 aromatic carbocycles. The minimum absolute atomic E-state index is 0.000398. The predicted molar refractivity (Wildman–Crippen MR) is 61.9 cm³/mol. The van der Waals surface area contributed by atoms with Crippen molar-refractivity contribution in [2.45, 2.75) is 32.1 Å². The molecule has 0 fully saturated rings. The molecule has 2 heteroatoms. The maximum absolute atomic E-state index is 9.47. The van der Waals surface area contributed by atoms with Crippen molar-refractivity contribution < 1.29 is 10.2 Å². The molecule has 0 aliphatic rings. The van der Waals surface area contributed by atoms with Crippen molar-refractivity contribution in [2.75, 3.05) is 13.2 Å². The summed E-state index contributed by atoms with van der Waals surface area (Å²) in [6.45, 7) is 4.10. The van der Waals surface area contributed by atoms with Crippen molar-refractivity contribution in [3.63, 3.8) is 0 Å². The molecule has 0 aromatic heterocycles. The summed E-state index contributed by atoms with van der Waals surface area (Å²) in [5.41, 5.74) is 1.75. The van der Waals surface area contributed by atoms with E-state index in [1.165, 1.54) is 5.56 Å². The summed E-state index contributed by atoms with van der Waals surface area (Å²) in [5.74, 6) is 0. The number of benzene rings is 1. The van der Waals surface area contributed by atoms with E-state index in [1.807, 2.05) is 31.2 Å². The van der Waals surface area contributed by atoms with Gasteiger partial charge < -0.3 is 10.2 Å². The van der Waals surface area contributed by atoms with Crippen LogP contribution in [0.2, 0.25) is 0 Å². The Bertz CT molecular complexity index is 286. The quantitative estimate of drug-likeness (QED) is 0.777. The second-order valence-corrected chi connectivity index (χ2v) is 4.21. The minimum Gasteiger partial charge on any atom is -0.395 e. The number of rotatable bonds is 5. The van der Waals surface area contributed by atoms with E-state index < -0.39 is 5.41 Å². The van der Waals surface area contributed by atoms with Gasteiger partial charge in [0.2, 0.25) is 0 Å². The van der Waals surface area contributed by atoms with E-state index in [-0.39, 0.29) is 13.2 Å². The van der Waals surface area contributed by atoms with Crippen molar-refractivity contribution in [1.82, 2.24) is 0 Å². The van der Waals surface area contributed by atoms with Gasteiger partial charge >= 0.3 is 0 Å². The van der Waals surface area contributed by atoms with Gasteiger partial charge in [-0.15, -0.1) is 0 Å². The third kappa shape index (κ3) is 2.58. The van der Waals surface area contributed by atoms with Crippen LogP contribution in [0.3, 0.4) is 0 Å². The second-order valence-electron chi connectivity index (χ2n) is 4.21. The highest BCUT2D eigenvalue weighted by Gasteiger charge is 2.29. The van der Waals surface area contributed by atoms with Crippen LogP contribution in [0, 0.1) is 6.92 Å². The molecule has 0 amide bonds. The average Bonchev–Trinajstić information content (AvgIpc) is 2.27. The first-order valence-electron chi connectivity index (χ1n) is 5.47. The molecule has 2 nitrogen and oxygen atoms in total. The van der Waals surface area contributed by atoms with Crippen molar-refractivity contribution in [1.29, 1.82) is 0 Å². The number of aryl methyl sites for hydroxylation is 1. The first-order chi connectivity index (χ1) is 7.18. The molecular formula is C13H20O2. The first kappa shape index (κ1) is 12.2. The number of aliphatic hydroxyl groups is 2. The number of hydrogen-bond acceptors (Lipinski definition) is 2. The summed E-state index contributed by atoms with van der Waals surface area (Å²) in [6.07, 6.45) is 1.76. The Morgan fingerprint density at radius 1 is 1.07 bits per heavy atom. The monoisotopic (exact) mass is 208 g/mol. The summed E-state index contributed by atoms with van der Waals surface area (Å²) >= 11 is 0. The van der Waals surface area contributed by atoms with Crippen LogP contribution in [0.1, 0.15) is 30.9 Å². The fourth-order valence-corrected chi connectivity index (χ4v) is 1.92. The summed E-state index contributed by atoms with van der Waals surface area (Å²) in [6, 6.07) is 8.03. The van der Waals surface area contributed by atoms with Crippen LogP contribution in [-0.2, 0) is 5.41 Å². The van der Waals surface area contributed by atoms with Gasteiger partial charge in [-0.1, -0.05) is 43.2 Å². The van der Waals surface area contributed by atoms with Gasteiger partial charge in [-0.2, -0.15) is 0 Å². The molecule has 0 atom stereocenters. The Labute approximate surface area is 91.6 Å². The Kier molecular flexibility index (Phi) is 4.30. The molecule has 0 heterocycles. The summed E-state index contributed by atoms with van der Waals surface area (Å²) in [5, 5.41) is 18.9. The zero-order valence-corrected chi connectivity index (χ0v) is 9.53. The summed E-state index contributed by atoms with van der Waals surface area (Å²) in [4.78, 5) is 0. The van der Waals surface area contributed by atoms with E-state index in [0.717, 1.165) is 18.4 Å². The van der Waals surface area contributed by atoms with Crippen LogP contribution in [0.15, 0.2) is 24.3 Å². The van der Waals surface area contributed by atoms with Gasteiger partial charge in [-0.3, -0.25) is 0 Å². The van der Waals surface area contributed by atoms with Crippen LogP contribution in [-0.4, -0.2) is 23.4 Å². The Morgan fingerprint density at radius 3 is 2.00 bits per heavy atom. The zero-order valence-electron chi connectivity index (χ0n) is 9.53. The molecule has 1 rings (SSSR count). The first-order valence-corrected chi connectivity index (χ1v) is 5.47. The highest BCUT2D eigenvalue weighted by molar-refractivity contribution is 5.29. The molecule has 0 saturated heterocycles. The molecule has 0 saturated carbocycles. The minimum atomic E-state index is -0.470. The highest BCUT2D eigenvalue weighted by atomic mass is 16.3. The van der Waals surface area contributed by atoms with Crippen molar-refractivity contribution in [3.05, 3.63) is 35.4 Å². The van der Waals surface area contributed by atoms with Crippen LogP contribution < -0.4 is 0 Å². The third-order valence-corrected chi connectivity index (χ3v) is 3.00. The molecular weight excluding hydrogens is 188 g/mol. The van der Waals surface area contributed by atoms with Gasteiger partial charge in [0, 0.05) is 5.41 Å². The SMILES string of the molecule is CCCC(CO)(CO)c1ccc(C)cc1. The molecule has 84 valence electrons. The van der Waals surface area contributed by atoms with Gasteiger partial charge in [-0.05, 0) is 18.9 Å². The van der Waals surface area contributed by atoms with E-state index in [9.17, 15) is 10.2 Å². The molecule has 0 spiro atoms. The predicted octanol–water partition coefficient (Wildman–Crippen LogP) is 2.02. The molecule has 0 aliphatic heterocycles. The van der Waals surface area contributed by atoms with Crippen molar-refractivity contribution in [2.24, 2.45) is 0 Å². The lowest BCUT2D eigenvalue weighted by atomic mass is 9.78. The molecule has 1 aromatic rings. The fraction of sp³-hybridized carbons (Fsp3) is 0.538. The Morgan fingerprint density at radius 2 is 1.60 bits per heavy atom. The Hall–Kier alpha value is -0.860. The molecule has 2 N–H and O–H groups in total. The van der Waals surface area contributed by atoms with E-state index in [0.29, 0.717) is 0 Å². The lowest BCUT2D eigenvalue weighted by Crippen LogP contribution is -2.34. The maximum atomic E-state index is 9.47. The Balaban J connectivity index is 3.02. The lowest BCUT2D eigenvalue weighted by Gasteiger charge is -2.30. The van der Waals surface area contributed by atoms with E-state index in [4.69, 9.17) is 0 Å². The zero-order chi connectivity index (χ0) is 11.3. The van der Waals surface area contributed by atoms with Crippen molar-refractivity contribution >= 4 is 0 Å². The molecule has 0 radical (unpaired) electrons. The van der Waals surface area contributed by atoms with Crippen LogP contribution in [0.5, 0.6) is 0 Å². The van der Waals surface area contributed by atoms with Gasteiger partial charge in [0.25, 0.3) is 0 Å². The van der Waals surface area contributed by atoms with Gasteiger partial charge in [0.1, 0.15) is 0 Å². The maximum Gasteiger partial charge on any atom is 0.0550 e. The molecule has 0 bridgehead atoms. The van der Waals surface area contributed by atoms with Gasteiger partial charge in [-0.25, -0.2) is 0 Å². The number of aliphatic hydroxyl groups excluding tert-OH is 2. The topological polar surface area (TPSA) is 40.5 Å². The second kappa shape index (κ2) is 5.29. The average molecular weight is 208 g/mol.